The van der Waals surface area contributed by atoms with E-state index in [-0.39, 0.29) is 0 Å². The molecular weight excluding hydrogens is 402 g/mol. The number of methoxy groups -OCH3 is 1. The number of fused-ring (bicyclic) bond motifs is 1. The summed E-state index contributed by atoms with van der Waals surface area (Å²) in [6.07, 6.45) is 4.53. The molecule has 2 fully saturated rings. The summed E-state index contributed by atoms with van der Waals surface area (Å²) in [5, 5.41) is 1.01. The van der Waals surface area contributed by atoms with Crippen LogP contribution in [0.4, 0.5) is 0 Å². The summed E-state index contributed by atoms with van der Waals surface area (Å²) in [4.78, 5) is 9.68. The highest BCUT2D eigenvalue weighted by molar-refractivity contribution is 5.88. The van der Waals surface area contributed by atoms with Crippen LogP contribution in [0.1, 0.15) is 37.4 Å². The van der Waals surface area contributed by atoms with E-state index in [0.29, 0.717) is 6.61 Å². The van der Waals surface area contributed by atoms with Crippen LogP contribution in [0.2, 0.25) is 0 Å². The number of rotatable bonds is 8. The van der Waals surface area contributed by atoms with Crippen LogP contribution < -0.4 is 9.47 Å². The highest BCUT2D eigenvalue weighted by atomic mass is 16.5. The van der Waals surface area contributed by atoms with Gasteiger partial charge in [0.15, 0.2) is 11.5 Å². The van der Waals surface area contributed by atoms with Gasteiger partial charge >= 0.3 is 0 Å². The van der Waals surface area contributed by atoms with E-state index in [2.05, 4.69) is 34.6 Å². The Morgan fingerprint density at radius 2 is 1.84 bits per heavy atom. The van der Waals surface area contributed by atoms with Crippen molar-refractivity contribution < 1.29 is 14.2 Å². The van der Waals surface area contributed by atoms with Gasteiger partial charge in [0.05, 0.1) is 39.0 Å². The monoisotopic (exact) mass is 437 g/mol. The van der Waals surface area contributed by atoms with Crippen molar-refractivity contribution in [1.82, 2.24) is 14.8 Å². The van der Waals surface area contributed by atoms with Crippen LogP contribution in [-0.4, -0.2) is 81.0 Å². The highest BCUT2D eigenvalue weighted by Gasteiger charge is 2.14. The number of aromatic nitrogens is 1. The van der Waals surface area contributed by atoms with Gasteiger partial charge in [0.25, 0.3) is 0 Å². The van der Waals surface area contributed by atoms with Crippen LogP contribution in [0.5, 0.6) is 11.5 Å². The van der Waals surface area contributed by atoms with Gasteiger partial charge in [-0.2, -0.15) is 0 Å². The van der Waals surface area contributed by atoms with Crippen LogP contribution in [0.3, 0.4) is 0 Å². The van der Waals surface area contributed by atoms with Crippen LogP contribution in [-0.2, 0) is 11.2 Å². The molecule has 0 atom stereocenters. The molecule has 1 aromatic heterocycles. The first-order valence-electron chi connectivity index (χ1n) is 11.9. The Hall–Kier alpha value is -2.33. The fraction of sp³-hybridized carbons (Fsp3) is 0.577. The van der Waals surface area contributed by atoms with Crippen molar-refractivity contribution in [3.05, 3.63) is 29.5 Å². The second kappa shape index (κ2) is 11.5. The minimum Gasteiger partial charge on any atom is -0.493 e. The molecule has 2 saturated heterocycles. The number of benzene rings is 1. The maximum atomic E-state index is 6.12. The summed E-state index contributed by atoms with van der Waals surface area (Å²) in [7, 11) is 1.69. The van der Waals surface area contributed by atoms with Crippen molar-refractivity contribution in [1.29, 1.82) is 0 Å². The van der Waals surface area contributed by atoms with Crippen molar-refractivity contribution in [2.24, 2.45) is 0 Å². The summed E-state index contributed by atoms with van der Waals surface area (Å²) < 4.78 is 17.2. The maximum Gasteiger partial charge on any atom is 0.163 e. The SMILES string of the molecule is CCc1cc(C#CCN2CCOCC2)c2cc(OC)c(OCCCN3CCCC3)cc2n1. The van der Waals surface area contributed by atoms with Gasteiger partial charge in [-0.05, 0) is 50.9 Å². The third kappa shape index (κ3) is 5.92. The van der Waals surface area contributed by atoms with Crippen LogP contribution in [0, 0.1) is 11.8 Å². The van der Waals surface area contributed by atoms with E-state index in [9.17, 15) is 0 Å². The maximum absolute atomic E-state index is 6.12. The lowest BCUT2D eigenvalue weighted by Gasteiger charge is -2.24. The van der Waals surface area contributed by atoms with Gasteiger partial charge in [0.1, 0.15) is 0 Å². The second-order valence-corrected chi connectivity index (χ2v) is 8.48. The molecule has 0 N–H and O–H groups in total. The van der Waals surface area contributed by atoms with Gasteiger partial charge in [-0.15, -0.1) is 0 Å². The van der Waals surface area contributed by atoms with Crippen molar-refractivity contribution in [2.45, 2.75) is 32.6 Å². The molecule has 0 unspecified atom stereocenters. The summed E-state index contributed by atoms with van der Waals surface area (Å²) in [6.45, 7) is 10.6. The smallest absolute Gasteiger partial charge is 0.163 e. The van der Waals surface area contributed by atoms with Gasteiger partial charge < -0.3 is 19.1 Å². The summed E-state index contributed by atoms with van der Waals surface area (Å²) in [5.41, 5.74) is 2.95. The Labute approximate surface area is 191 Å². The van der Waals surface area contributed by atoms with Crippen LogP contribution in [0.15, 0.2) is 18.2 Å². The van der Waals surface area contributed by atoms with E-state index in [1.807, 2.05) is 12.1 Å². The third-order valence-electron chi connectivity index (χ3n) is 6.21. The van der Waals surface area contributed by atoms with Crippen molar-refractivity contribution in [3.63, 3.8) is 0 Å². The van der Waals surface area contributed by atoms with Crippen molar-refractivity contribution in [2.75, 3.05) is 66.2 Å². The molecule has 4 rings (SSSR count). The van der Waals surface area contributed by atoms with Crippen LogP contribution in [0.25, 0.3) is 10.9 Å². The molecule has 0 spiro atoms. The Morgan fingerprint density at radius 3 is 2.59 bits per heavy atom. The third-order valence-corrected chi connectivity index (χ3v) is 6.21. The van der Waals surface area contributed by atoms with Crippen molar-refractivity contribution in [3.8, 4) is 23.3 Å². The largest absolute Gasteiger partial charge is 0.493 e. The molecule has 32 heavy (non-hydrogen) atoms. The van der Waals surface area contributed by atoms with E-state index in [4.69, 9.17) is 19.2 Å². The number of pyridine rings is 1. The van der Waals surface area contributed by atoms with E-state index < -0.39 is 0 Å². The molecule has 0 amide bonds. The van der Waals surface area contributed by atoms with Gasteiger partial charge in [-0.3, -0.25) is 9.88 Å². The summed E-state index contributed by atoms with van der Waals surface area (Å²) >= 11 is 0. The first-order valence-corrected chi connectivity index (χ1v) is 11.9. The molecule has 1 aromatic carbocycles. The second-order valence-electron chi connectivity index (χ2n) is 8.48. The van der Waals surface area contributed by atoms with Gasteiger partial charge in [-0.1, -0.05) is 18.8 Å². The zero-order valence-corrected chi connectivity index (χ0v) is 19.5. The average molecular weight is 438 g/mol. The number of hydrogen-bond donors (Lipinski definition) is 0. The first-order chi connectivity index (χ1) is 15.8. The molecule has 2 aliphatic rings. The Kier molecular flexibility index (Phi) is 8.22. The molecule has 0 radical (unpaired) electrons. The van der Waals surface area contributed by atoms with E-state index in [1.165, 1.54) is 25.9 Å². The lowest BCUT2D eigenvalue weighted by atomic mass is 10.1. The van der Waals surface area contributed by atoms with E-state index in [1.54, 1.807) is 7.11 Å². The molecule has 6 heteroatoms. The lowest BCUT2D eigenvalue weighted by molar-refractivity contribution is 0.0443. The fourth-order valence-electron chi connectivity index (χ4n) is 4.33. The number of likely N-dealkylation sites (tertiary alicyclic amines) is 1. The highest BCUT2D eigenvalue weighted by Crippen LogP contribution is 2.33. The number of aryl methyl sites for hydroxylation is 1. The molecule has 0 aliphatic carbocycles. The van der Waals surface area contributed by atoms with Crippen molar-refractivity contribution >= 4 is 10.9 Å². The zero-order chi connectivity index (χ0) is 22.2. The van der Waals surface area contributed by atoms with Gasteiger partial charge in [0, 0.05) is 42.3 Å². The fourth-order valence-corrected chi connectivity index (χ4v) is 4.33. The number of ether oxygens (including phenoxy) is 3. The zero-order valence-electron chi connectivity index (χ0n) is 19.5. The molecular formula is C26H35N3O3. The minimum absolute atomic E-state index is 0.679. The summed E-state index contributed by atoms with van der Waals surface area (Å²) in [5.74, 6) is 8.24. The van der Waals surface area contributed by atoms with Gasteiger partial charge in [-0.25, -0.2) is 0 Å². The molecule has 2 aliphatic heterocycles. The topological polar surface area (TPSA) is 47.1 Å². The predicted octanol–water partition coefficient (Wildman–Crippen LogP) is 3.35. The van der Waals surface area contributed by atoms with E-state index in [0.717, 1.165) is 85.9 Å². The standard InChI is InChI=1S/C26H35N3O3/c1-3-22-18-21(8-6-11-29-13-16-31-17-14-29)23-19-25(30-2)26(20-24(23)27-22)32-15-7-12-28-9-4-5-10-28/h18-20H,3-5,7,9-17H2,1-2H3. The molecule has 0 saturated carbocycles. The number of hydrogen-bond acceptors (Lipinski definition) is 6. The molecule has 172 valence electrons. The van der Waals surface area contributed by atoms with Gasteiger partial charge in [0.2, 0.25) is 0 Å². The minimum atomic E-state index is 0.679. The molecule has 3 heterocycles. The van der Waals surface area contributed by atoms with E-state index >= 15 is 0 Å². The quantitative estimate of drug-likeness (QED) is 0.466. The first kappa shape index (κ1) is 22.8. The van der Waals surface area contributed by atoms with Crippen LogP contribution >= 0.6 is 0 Å². The Morgan fingerprint density at radius 1 is 1.03 bits per heavy atom. The average Bonchev–Trinajstić information content (AvgIpc) is 3.35. The normalized spacial score (nSPS) is 17.3. The Balaban J connectivity index is 1.51. The lowest BCUT2D eigenvalue weighted by Crippen LogP contribution is -2.36. The number of nitrogens with zero attached hydrogens (tertiary/aromatic N) is 3. The predicted molar refractivity (Wildman–Crippen MR) is 128 cm³/mol. The Bertz CT molecular complexity index is 954. The number of morpholine rings is 1. The molecule has 6 nitrogen and oxygen atoms in total. The molecule has 2 aromatic rings. The molecule has 0 bridgehead atoms. The summed E-state index contributed by atoms with van der Waals surface area (Å²) in [6, 6.07) is 6.14.